The predicted molar refractivity (Wildman–Crippen MR) is 151 cm³/mol. The van der Waals surface area contributed by atoms with Crippen molar-refractivity contribution in [2.45, 2.75) is 32.0 Å². The highest BCUT2D eigenvalue weighted by molar-refractivity contribution is 5.94. The lowest BCUT2D eigenvalue weighted by Crippen LogP contribution is -2.35. The van der Waals surface area contributed by atoms with Gasteiger partial charge in [0.05, 0.1) is 13.7 Å². The number of fused-ring (bicyclic) bond motifs is 2. The molecule has 0 spiro atoms. The van der Waals surface area contributed by atoms with Gasteiger partial charge < -0.3 is 35.1 Å². The van der Waals surface area contributed by atoms with Crippen molar-refractivity contribution in [3.63, 3.8) is 0 Å². The van der Waals surface area contributed by atoms with Crippen LogP contribution in [0.15, 0.2) is 48.5 Å². The summed E-state index contributed by atoms with van der Waals surface area (Å²) < 4.78 is 53.8. The fourth-order valence-electron chi connectivity index (χ4n) is 4.01. The van der Waals surface area contributed by atoms with Crippen molar-refractivity contribution in [2.75, 3.05) is 50.6 Å². The molecule has 2 amide bonds. The molecule has 0 saturated carbocycles. The highest BCUT2D eigenvalue weighted by Crippen LogP contribution is 2.21. The van der Waals surface area contributed by atoms with E-state index in [4.69, 9.17) is 14.2 Å². The number of hydrogen-bond acceptors (Lipinski definition) is 10. The van der Waals surface area contributed by atoms with Crippen molar-refractivity contribution in [1.29, 1.82) is 0 Å². The van der Waals surface area contributed by atoms with Gasteiger partial charge in [-0.1, -0.05) is 12.1 Å². The number of amides is 2. The topological polar surface area (TPSA) is 140 Å². The van der Waals surface area contributed by atoms with E-state index in [0.717, 1.165) is 5.56 Å². The average molecular weight is 604 g/mol. The Morgan fingerprint density at radius 2 is 1.67 bits per heavy atom. The Morgan fingerprint density at radius 1 is 0.953 bits per heavy atom. The lowest BCUT2D eigenvalue weighted by atomic mass is 10.2. The van der Waals surface area contributed by atoms with Crippen LogP contribution in [0.25, 0.3) is 0 Å². The molecule has 230 valence electrons. The molecule has 3 aliphatic heterocycles. The Bertz CT molecular complexity index is 1360. The van der Waals surface area contributed by atoms with Crippen molar-refractivity contribution in [3.05, 3.63) is 59.7 Å². The zero-order chi connectivity index (χ0) is 30.7. The summed E-state index contributed by atoms with van der Waals surface area (Å²) in [5.74, 6) is 0.296. The van der Waals surface area contributed by atoms with E-state index in [9.17, 15) is 22.8 Å². The molecule has 12 nitrogen and oxygen atoms in total. The number of halogens is 3. The van der Waals surface area contributed by atoms with Gasteiger partial charge in [0, 0.05) is 37.4 Å². The number of aromatic nitrogens is 3. The van der Waals surface area contributed by atoms with Crippen molar-refractivity contribution >= 4 is 29.6 Å². The molecule has 2 aromatic carbocycles. The molecule has 4 heterocycles. The molecule has 3 aromatic rings. The maximum absolute atomic E-state index is 12.8. The summed E-state index contributed by atoms with van der Waals surface area (Å²) in [4.78, 5) is 38.5. The molecular weight excluding hydrogens is 571 g/mol. The number of ether oxygens (including phenoxy) is 3. The van der Waals surface area contributed by atoms with Crippen LogP contribution in [0.3, 0.4) is 0 Å². The molecule has 6 rings (SSSR count). The molecule has 0 radical (unpaired) electrons. The van der Waals surface area contributed by atoms with Crippen LogP contribution < -0.4 is 25.4 Å². The van der Waals surface area contributed by atoms with Crippen LogP contribution in [-0.4, -0.2) is 78.0 Å². The molecular formula is C28H32F3N7O5. The van der Waals surface area contributed by atoms with E-state index in [1.807, 2.05) is 12.1 Å². The Labute approximate surface area is 246 Å². The van der Waals surface area contributed by atoms with Crippen molar-refractivity contribution in [2.24, 2.45) is 0 Å². The minimum atomic E-state index is -4.58. The summed E-state index contributed by atoms with van der Waals surface area (Å²) in [6.45, 7) is 0.380. The maximum atomic E-state index is 12.8. The number of alkyl halides is 3. The van der Waals surface area contributed by atoms with Gasteiger partial charge in [0.25, 0.3) is 5.91 Å². The molecule has 0 fully saturated rings. The number of hydrogen-bond donors (Lipinski definition) is 3. The van der Waals surface area contributed by atoms with Crippen LogP contribution in [0.5, 0.6) is 11.8 Å². The first-order chi connectivity index (χ1) is 20.7. The molecule has 6 bridgehead atoms. The first kappa shape index (κ1) is 31.1. The Kier molecular flexibility index (Phi) is 10.8. The lowest BCUT2D eigenvalue weighted by Gasteiger charge is -2.21. The van der Waals surface area contributed by atoms with E-state index in [2.05, 4.69) is 30.9 Å². The number of methoxy groups -OCH3 is 1. The molecule has 1 aromatic heterocycles. The molecule has 0 unspecified atom stereocenters. The van der Waals surface area contributed by atoms with Crippen molar-refractivity contribution in [1.82, 2.24) is 25.2 Å². The summed E-state index contributed by atoms with van der Waals surface area (Å²) in [5.41, 5.74) is 1.71. The minimum Gasteiger partial charge on any atom is -0.494 e. The molecule has 43 heavy (non-hydrogen) atoms. The summed E-state index contributed by atoms with van der Waals surface area (Å²) in [7, 11) is 1.33. The van der Waals surface area contributed by atoms with Gasteiger partial charge in [0.2, 0.25) is 11.9 Å². The number of benzene rings is 2. The van der Waals surface area contributed by atoms with Crippen LogP contribution in [0.2, 0.25) is 0 Å². The number of anilines is 3. The molecule has 0 atom stereocenters. The van der Waals surface area contributed by atoms with E-state index < -0.39 is 24.9 Å². The van der Waals surface area contributed by atoms with Crippen LogP contribution in [0.4, 0.5) is 35.5 Å². The monoisotopic (exact) mass is 603 g/mol. The summed E-state index contributed by atoms with van der Waals surface area (Å²) in [5, 5.41) is 8.69. The zero-order valence-corrected chi connectivity index (χ0v) is 23.4. The van der Waals surface area contributed by atoms with Gasteiger partial charge in [0.15, 0.2) is 6.61 Å². The second-order valence-corrected chi connectivity index (χ2v) is 9.49. The molecule has 15 heteroatoms. The number of nitrogens with zero attached hydrogens (tertiary/aromatic N) is 4. The standard InChI is InChI=1S/C28H32F3N7O5/c1-41-27(40)38-14-2-3-16-42-22-11-5-19(6-12-22)17-33-24-35-25(37-26(36-24)43-18-28(29,30)31)34-21-9-7-20(8-10-21)23(39)32-13-4-15-38/h5-12H,2-4,13-18H2,1H3,(H,32,39)(H2,33,34,35,36,37). The number of carbonyl (C=O) groups is 2. The van der Waals surface area contributed by atoms with Crippen LogP contribution in [0.1, 0.15) is 35.2 Å². The van der Waals surface area contributed by atoms with Gasteiger partial charge in [-0.25, -0.2) is 4.79 Å². The summed E-state index contributed by atoms with van der Waals surface area (Å²) >= 11 is 0. The fourth-order valence-corrected chi connectivity index (χ4v) is 4.01. The van der Waals surface area contributed by atoms with Gasteiger partial charge >= 0.3 is 18.3 Å². The SMILES string of the molecule is COC(=O)N1CCCCOc2ccc(cc2)CNc2nc(nc(OCC(F)(F)F)n2)Nc2ccc(cc2)C(=O)NCCC1. The molecule has 0 saturated heterocycles. The highest BCUT2D eigenvalue weighted by Gasteiger charge is 2.29. The second-order valence-electron chi connectivity index (χ2n) is 9.49. The Hall–Kier alpha value is -4.82. The third-order valence-electron chi connectivity index (χ3n) is 6.17. The number of rotatable bonds is 2. The molecule has 0 aliphatic carbocycles. The number of nitrogens with one attached hydrogen (secondary N) is 3. The number of carbonyl (C=O) groups excluding carboxylic acids is 2. The van der Waals surface area contributed by atoms with Gasteiger partial charge in [-0.3, -0.25) is 4.79 Å². The quantitative estimate of drug-likeness (QED) is 0.383. The Morgan fingerprint density at radius 3 is 2.40 bits per heavy atom. The first-order valence-corrected chi connectivity index (χ1v) is 13.6. The normalized spacial score (nSPS) is 15.2. The largest absolute Gasteiger partial charge is 0.494 e. The van der Waals surface area contributed by atoms with E-state index in [-0.39, 0.29) is 24.3 Å². The second kappa shape index (κ2) is 14.9. The van der Waals surface area contributed by atoms with Gasteiger partial charge in [0.1, 0.15) is 5.75 Å². The third-order valence-corrected chi connectivity index (χ3v) is 6.17. The van der Waals surface area contributed by atoms with Gasteiger partial charge in [-0.2, -0.15) is 28.1 Å². The van der Waals surface area contributed by atoms with Crippen molar-refractivity contribution in [3.8, 4) is 11.8 Å². The van der Waals surface area contributed by atoms with E-state index in [1.165, 1.54) is 7.11 Å². The first-order valence-electron chi connectivity index (χ1n) is 13.6. The lowest BCUT2D eigenvalue weighted by molar-refractivity contribution is -0.154. The third kappa shape index (κ3) is 10.2. The average Bonchev–Trinajstić information content (AvgIpc) is 2.99. The fraction of sp³-hybridized carbons (Fsp3) is 0.393. The van der Waals surface area contributed by atoms with Gasteiger partial charge in [-0.15, -0.1) is 0 Å². The summed E-state index contributed by atoms with van der Waals surface area (Å²) in [6.07, 6.45) is -3.07. The van der Waals surface area contributed by atoms with Crippen LogP contribution >= 0.6 is 0 Å². The van der Waals surface area contributed by atoms with Crippen LogP contribution in [-0.2, 0) is 11.3 Å². The zero-order valence-electron chi connectivity index (χ0n) is 23.4. The summed E-state index contributed by atoms with van der Waals surface area (Å²) in [6, 6.07) is 13.1. The van der Waals surface area contributed by atoms with E-state index >= 15 is 0 Å². The van der Waals surface area contributed by atoms with E-state index in [1.54, 1.807) is 41.3 Å². The predicted octanol–water partition coefficient (Wildman–Crippen LogP) is 4.53. The van der Waals surface area contributed by atoms with Crippen LogP contribution in [0, 0.1) is 0 Å². The van der Waals surface area contributed by atoms with E-state index in [0.29, 0.717) is 62.5 Å². The molecule has 3 aliphatic rings. The molecule has 3 N–H and O–H groups in total. The highest BCUT2D eigenvalue weighted by atomic mass is 19.4. The Balaban J connectivity index is 1.52. The van der Waals surface area contributed by atoms with Gasteiger partial charge in [-0.05, 0) is 61.2 Å². The maximum Gasteiger partial charge on any atom is 0.422 e. The minimum absolute atomic E-state index is 0.00230. The van der Waals surface area contributed by atoms with Crippen molar-refractivity contribution < 1.29 is 37.0 Å². The smallest absolute Gasteiger partial charge is 0.422 e.